The first-order valence-electron chi connectivity index (χ1n) is 9.49. The van der Waals surface area contributed by atoms with E-state index in [1.807, 2.05) is 6.07 Å². The lowest BCUT2D eigenvalue weighted by Gasteiger charge is -2.25. The smallest absolute Gasteiger partial charge is 0.292 e. The van der Waals surface area contributed by atoms with Crippen molar-refractivity contribution in [3.63, 3.8) is 0 Å². The van der Waals surface area contributed by atoms with Crippen LogP contribution in [0.5, 0.6) is 0 Å². The lowest BCUT2D eigenvalue weighted by Crippen LogP contribution is -2.30. The molecule has 0 unspecified atom stereocenters. The number of benzene rings is 1. The fourth-order valence-electron chi connectivity index (χ4n) is 3.74. The van der Waals surface area contributed by atoms with Crippen LogP contribution in [0.25, 0.3) is 5.57 Å². The number of piperidine rings is 1. The van der Waals surface area contributed by atoms with Crippen LogP contribution in [-0.2, 0) is 4.79 Å². The van der Waals surface area contributed by atoms with Crippen LogP contribution in [0.15, 0.2) is 34.5 Å². The zero-order valence-electron chi connectivity index (χ0n) is 15.4. The van der Waals surface area contributed by atoms with Crippen molar-refractivity contribution in [1.29, 1.82) is 0 Å². The van der Waals surface area contributed by atoms with E-state index in [1.54, 1.807) is 0 Å². The molecule has 1 heterocycles. The Kier molecular flexibility index (Phi) is 7.01. The highest BCUT2D eigenvalue weighted by Crippen LogP contribution is 2.35. The molecule has 0 spiro atoms. The zero-order chi connectivity index (χ0) is 19.1. The highest BCUT2D eigenvalue weighted by molar-refractivity contribution is 6.56. The number of nitrogens with two attached hydrogens (primary N) is 1. The standard InChI is InChI=1S/C20H26ClN5O/c21-13-24-26-19(22)20(27)25-18-7-6-16(14-8-10-23-11-9-14)12-17(18)15-4-2-1-3-5-15/h4,6-7,12-14,23H,1-3,5,8-11H2,(H2,22,26)(H,25,27)/b24-13+. The van der Waals surface area contributed by atoms with Gasteiger partial charge in [-0.1, -0.05) is 23.7 Å². The van der Waals surface area contributed by atoms with Crippen LogP contribution in [0.3, 0.4) is 0 Å². The molecule has 144 valence electrons. The molecule has 0 aromatic heterocycles. The van der Waals surface area contributed by atoms with Gasteiger partial charge in [-0.25, -0.2) is 0 Å². The number of halogens is 1. The van der Waals surface area contributed by atoms with Crippen molar-refractivity contribution in [1.82, 2.24) is 5.32 Å². The molecule has 2 aliphatic rings. The van der Waals surface area contributed by atoms with E-state index in [0.717, 1.165) is 55.7 Å². The highest BCUT2D eigenvalue weighted by Gasteiger charge is 2.19. The molecule has 1 amide bonds. The number of allylic oxidation sites excluding steroid dienone is 2. The van der Waals surface area contributed by atoms with Gasteiger partial charge in [-0.2, -0.15) is 0 Å². The number of hydrogen-bond donors (Lipinski definition) is 3. The Labute approximate surface area is 165 Å². The summed E-state index contributed by atoms with van der Waals surface area (Å²) in [6.07, 6.45) is 9.06. The molecule has 27 heavy (non-hydrogen) atoms. The van der Waals surface area contributed by atoms with Crippen LogP contribution < -0.4 is 16.4 Å². The number of nitrogens with zero attached hydrogens (tertiary/aromatic N) is 2. The molecule has 0 bridgehead atoms. The van der Waals surface area contributed by atoms with Crippen molar-refractivity contribution in [2.24, 2.45) is 15.9 Å². The van der Waals surface area contributed by atoms with E-state index in [0.29, 0.717) is 5.92 Å². The summed E-state index contributed by atoms with van der Waals surface area (Å²) in [6, 6.07) is 6.34. The van der Waals surface area contributed by atoms with Crippen molar-refractivity contribution in [2.75, 3.05) is 18.4 Å². The third-order valence-electron chi connectivity index (χ3n) is 5.18. The monoisotopic (exact) mass is 387 g/mol. The quantitative estimate of drug-likeness (QED) is 0.418. The molecule has 1 aliphatic heterocycles. The molecular weight excluding hydrogens is 362 g/mol. The first-order valence-corrected chi connectivity index (χ1v) is 9.93. The van der Waals surface area contributed by atoms with E-state index < -0.39 is 5.91 Å². The molecule has 0 radical (unpaired) electrons. The average molecular weight is 388 g/mol. The Balaban J connectivity index is 1.89. The minimum Gasteiger partial charge on any atom is -0.378 e. The van der Waals surface area contributed by atoms with E-state index >= 15 is 0 Å². The van der Waals surface area contributed by atoms with E-state index in [2.05, 4.69) is 39.0 Å². The normalized spacial score (nSPS) is 19.1. The van der Waals surface area contributed by atoms with Gasteiger partial charge in [0.25, 0.3) is 5.91 Å². The fourth-order valence-corrected chi connectivity index (χ4v) is 3.79. The Morgan fingerprint density at radius 3 is 2.81 bits per heavy atom. The predicted octanol–water partition coefficient (Wildman–Crippen LogP) is 3.59. The average Bonchev–Trinajstić information content (AvgIpc) is 2.73. The van der Waals surface area contributed by atoms with E-state index in [-0.39, 0.29) is 5.84 Å². The van der Waals surface area contributed by atoms with Crippen molar-refractivity contribution in [3.8, 4) is 0 Å². The molecule has 6 nitrogen and oxygen atoms in total. The van der Waals surface area contributed by atoms with E-state index in [9.17, 15) is 4.79 Å². The van der Waals surface area contributed by atoms with Crippen molar-refractivity contribution in [3.05, 3.63) is 35.4 Å². The van der Waals surface area contributed by atoms with Gasteiger partial charge in [-0.05, 0) is 80.8 Å². The highest BCUT2D eigenvalue weighted by atomic mass is 35.5. The fraction of sp³-hybridized carbons (Fsp3) is 0.450. The molecule has 1 saturated heterocycles. The SMILES string of the molecule is N/C(=N\N=C\Cl)C(=O)Nc1ccc(C2CCNCC2)cc1C1=CCCCC1. The van der Waals surface area contributed by atoms with E-state index in [4.69, 9.17) is 17.3 Å². The number of amidine groups is 1. The van der Waals surface area contributed by atoms with Crippen LogP contribution in [0.2, 0.25) is 0 Å². The van der Waals surface area contributed by atoms with Gasteiger partial charge in [0.2, 0.25) is 5.84 Å². The van der Waals surface area contributed by atoms with Gasteiger partial charge in [0, 0.05) is 11.3 Å². The number of carbonyl (C=O) groups is 1. The second-order valence-corrected chi connectivity index (χ2v) is 7.15. The maximum Gasteiger partial charge on any atom is 0.292 e. The van der Waals surface area contributed by atoms with Crippen LogP contribution in [0.1, 0.15) is 55.6 Å². The summed E-state index contributed by atoms with van der Waals surface area (Å²) in [7, 11) is 0. The first kappa shape index (κ1) is 19.6. The van der Waals surface area contributed by atoms with Gasteiger partial charge in [0.1, 0.15) is 5.67 Å². The molecule has 4 N–H and O–H groups in total. The molecule has 1 fully saturated rings. The first-order chi connectivity index (χ1) is 13.2. The number of nitrogens with one attached hydrogen (secondary N) is 2. The summed E-state index contributed by atoms with van der Waals surface area (Å²) in [4.78, 5) is 12.3. The molecule has 1 aliphatic carbocycles. The third-order valence-corrected chi connectivity index (χ3v) is 5.27. The van der Waals surface area contributed by atoms with E-state index in [1.165, 1.54) is 24.0 Å². The van der Waals surface area contributed by atoms with Crippen LogP contribution >= 0.6 is 11.6 Å². The summed E-state index contributed by atoms with van der Waals surface area (Å²) in [5, 5.41) is 13.3. The van der Waals surface area contributed by atoms with Crippen LogP contribution in [-0.4, -0.2) is 30.5 Å². The maximum atomic E-state index is 12.3. The van der Waals surface area contributed by atoms with Gasteiger partial charge in [0.15, 0.2) is 0 Å². The van der Waals surface area contributed by atoms with Crippen molar-refractivity contribution >= 4 is 40.3 Å². The molecule has 1 aromatic rings. The molecule has 0 atom stereocenters. The Hall–Kier alpha value is -2.18. The largest absolute Gasteiger partial charge is 0.378 e. The number of carbonyl (C=O) groups excluding carboxylic acids is 1. The topological polar surface area (TPSA) is 91.9 Å². The van der Waals surface area contributed by atoms with Crippen molar-refractivity contribution < 1.29 is 4.79 Å². The summed E-state index contributed by atoms with van der Waals surface area (Å²) in [5.41, 5.74) is 11.1. The molecule has 1 aromatic carbocycles. The van der Waals surface area contributed by atoms with Gasteiger partial charge >= 0.3 is 0 Å². The summed E-state index contributed by atoms with van der Waals surface area (Å²) < 4.78 is 0. The Bertz CT molecular complexity index is 766. The Morgan fingerprint density at radius 2 is 2.11 bits per heavy atom. The number of anilines is 1. The van der Waals surface area contributed by atoms with Crippen LogP contribution in [0.4, 0.5) is 5.69 Å². The summed E-state index contributed by atoms with van der Waals surface area (Å²) in [6.45, 7) is 2.10. The van der Waals surface area contributed by atoms with Gasteiger partial charge in [-0.15, -0.1) is 10.2 Å². The van der Waals surface area contributed by atoms with Gasteiger partial charge in [0.05, 0.1) is 0 Å². The van der Waals surface area contributed by atoms with Gasteiger partial charge in [-0.3, -0.25) is 4.79 Å². The molecule has 3 rings (SSSR count). The number of hydrogen-bond acceptors (Lipinski definition) is 4. The summed E-state index contributed by atoms with van der Waals surface area (Å²) >= 11 is 5.33. The second kappa shape index (κ2) is 9.67. The molecular formula is C20H26ClN5O. The predicted molar refractivity (Wildman–Crippen MR) is 112 cm³/mol. The zero-order valence-corrected chi connectivity index (χ0v) is 16.1. The third kappa shape index (κ3) is 5.17. The minimum atomic E-state index is -0.482. The minimum absolute atomic E-state index is 0.224. The lowest BCUT2D eigenvalue weighted by molar-refractivity contribution is -0.110. The van der Waals surface area contributed by atoms with Crippen LogP contribution in [0, 0.1) is 0 Å². The maximum absolute atomic E-state index is 12.3. The van der Waals surface area contributed by atoms with Crippen molar-refractivity contribution in [2.45, 2.75) is 44.4 Å². The number of amides is 1. The second-order valence-electron chi connectivity index (χ2n) is 6.96. The van der Waals surface area contributed by atoms with Gasteiger partial charge < -0.3 is 16.4 Å². The molecule has 7 heteroatoms. The number of rotatable bonds is 4. The lowest BCUT2D eigenvalue weighted by atomic mass is 9.86. The Morgan fingerprint density at radius 1 is 1.30 bits per heavy atom. The summed E-state index contributed by atoms with van der Waals surface area (Å²) in [5.74, 6) is -0.147. The molecule has 0 saturated carbocycles.